The molecule has 0 bridgehead atoms. The smallest absolute Gasteiger partial charge is 0.174 e. The Morgan fingerprint density at radius 3 is 2.36 bits per heavy atom. The molecule has 3 heterocycles. The van der Waals surface area contributed by atoms with Crippen LogP contribution in [0.4, 0.5) is 5.69 Å². The number of benzene rings is 2. The van der Waals surface area contributed by atoms with Crippen LogP contribution in [0.3, 0.4) is 0 Å². The van der Waals surface area contributed by atoms with Crippen molar-refractivity contribution in [2.45, 2.75) is 45.7 Å². The van der Waals surface area contributed by atoms with Gasteiger partial charge in [-0.3, -0.25) is 4.98 Å². The van der Waals surface area contributed by atoms with Crippen molar-refractivity contribution in [1.29, 1.82) is 0 Å². The molecule has 1 fully saturated rings. The van der Waals surface area contributed by atoms with Crippen molar-refractivity contribution in [1.82, 2.24) is 14.9 Å². The van der Waals surface area contributed by atoms with Crippen molar-refractivity contribution in [2.24, 2.45) is 0 Å². The number of aryl methyl sites for hydroxylation is 1. The van der Waals surface area contributed by atoms with Gasteiger partial charge in [0.05, 0.1) is 28.5 Å². The highest BCUT2D eigenvalue weighted by Crippen LogP contribution is 2.44. The molecule has 2 aromatic heterocycles. The fourth-order valence-electron chi connectivity index (χ4n) is 5.09. The third-order valence-electron chi connectivity index (χ3n) is 6.88. The van der Waals surface area contributed by atoms with Crippen LogP contribution >= 0.6 is 35.4 Å². The molecule has 36 heavy (non-hydrogen) atoms. The van der Waals surface area contributed by atoms with Crippen LogP contribution in [0.15, 0.2) is 72.9 Å². The van der Waals surface area contributed by atoms with Gasteiger partial charge in [-0.05, 0) is 91.6 Å². The van der Waals surface area contributed by atoms with Crippen molar-refractivity contribution in [3.05, 3.63) is 111 Å². The zero-order valence-electron chi connectivity index (χ0n) is 20.7. The average Bonchev–Trinajstić information content (AvgIpc) is 3.35. The highest BCUT2D eigenvalue weighted by molar-refractivity contribution is 7.80. The van der Waals surface area contributed by atoms with E-state index >= 15 is 0 Å². The number of thiocarbonyl (C=S) groups is 1. The van der Waals surface area contributed by atoms with E-state index in [4.69, 9.17) is 35.4 Å². The predicted molar refractivity (Wildman–Crippen MR) is 154 cm³/mol. The van der Waals surface area contributed by atoms with E-state index in [1.54, 1.807) is 6.07 Å². The van der Waals surface area contributed by atoms with Crippen LogP contribution in [0, 0.1) is 13.8 Å². The molecule has 2 atom stereocenters. The molecule has 0 aliphatic carbocycles. The van der Waals surface area contributed by atoms with E-state index in [0.29, 0.717) is 21.1 Å². The summed E-state index contributed by atoms with van der Waals surface area (Å²) in [7, 11) is 0. The molecule has 0 amide bonds. The molecule has 0 saturated carbocycles. The summed E-state index contributed by atoms with van der Waals surface area (Å²) in [6.07, 6.45) is 1.83. The SMILES string of the molecule is Cc1cc([C@H]2[C@@H](c3ccccn3)NC(=S)N2c2ccc(C(C)C)cc2)c(C)n1-c1ccc(Cl)cc1Cl. The van der Waals surface area contributed by atoms with Gasteiger partial charge >= 0.3 is 0 Å². The quantitative estimate of drug-likeness (QED) is 0.262. The van der Waals surface area contributed by atoms with Crippen LogP contribution in [0.5, 0.6) is 0 Å². The summed E-state index contributed by atoms with van der Waals surface area (Å²) in [6.45, 7) is 8.63. The Bertz CT molecular complexity index is 1410. The molecular formula is C29H28Cl2N4S. The first-order chi connectivity index (χ1) is 17.3. The third-order valence-corrected chi connectivity index (χ3v) is 7.73. The number of hydrogen-bond donors (Lipinski definition) is 1. The van der Waals surface area contributed by atoms with Crippen molar-refractivity contribution in [3.8, 4) is 5.69 Å². The summed E-state index contributed by atoms with van der Waals surface area (Å²) >= 11 is 18.7. The summed E-state index contributed by atoms with van der Waals surface area (Å²) in [5, 5.41) is 5.47. The lowest BCUT2D eigenvalue weighted by Crippen LogP contribution is -2.29. The van der Waals surface area contributed by atoms with Gasteiger partial charge in [0, 0.05) is 28.3 Å². The first-order valence-corrected chi connectivity index (χ1v) is 13.2. The van der Waals surface area contributed by atoms with E-state index < -0.39 is 0 Å². The first-order valence-electron chi connectivity index (χ1n) is 12.0. The largest absolute Gasteiger partial charge is 0.351 e. The summed E-state index contributed by atoms with van der Waals surface area (Å²) in [5.41, 5.74) is 7.53. The van der Waals surface area contributed by atoms with Crippen LogP contribution in [0.2, 0.25) is 10.0 Å². The van der Waals surface area contributed by atoms with Crippen LogP contribution in [-0.4, -0.2) is 14.7 Å². The van der Waals surface area contributed by atoms with E-state index in [0.717, 1.165) is 34.0 Å². The van der Waals surface area contributed by atoms with Crippen LogP contribution in [0.1, 0.15) is 60.1 Å². The van der Waals surface area contributed by atoms with Gasteiger partial charge in [-0.25, -0.2) is 0 Å². The molecule has 0 spiro atoms. The monoisotopic (exact) mass is 534 g/mol. The molecule has 5 rings (SSSR count). The molecule has 1 saturated heterocycles. The highest BCUT2D eigenvalue weighted by Gasteiger charge is 2.42. The Balaban J connectivity index is 1.67. The average molecular weight is 536 g/mol. The zero-order chi connectivity index (χ0) is 25.6. The normalized spacial score (nSPS) is 17.6. The number of rotatable bonds is 5. The van der Waals surface area contributed by atoms with E-state index in [2.05, 4.69) is 77.8 Å². The zero-order valence-corrected chi connectivity index (χ0v) is 23.0. The summed E-state index contributed by atoms with van der Waals surface area (Å²) in [5.74, 6) is 0.461. The van der Waals surface area contributed by atoms with Crippen LogP contribution < -0.4 is 10.2 Å². The number of nitrogens with zero attached hydrogens (tertiary/aromatic N) is 3. The molecule has 1 aliphatic rings. The standard InChI is InChI=1S/C29H28Cl2N4S/c1-17(2)20-8-11-22(12-9-20)35-28(27(33-29(35)36)25-7-5-6-14-32-25)23-15-18(3)34(19(23)4)26-13-10-21(30)16-24(26)31/h5-17,27-28H,1-4H3,(H,33,36)/t27-,28+/m1/s1. The number of nitrogens with one attached hydrogen (secondary N) is 1. The number of aromatic nitrogens is 2. The number of anilines is 1. The van der Waals surface area contributed by atoms with Crippen molar-refractivity contribution < 1.29 is 0 Å². The van der Waals surface area contributed by atoms with Gasteiger partial charge in [-0.1, -0.05) is 55.2 Å². The maximum absolute atomic E-state index is 6.63. The first kappa shape index (κ1) is 24.8. The summed E-state index contributed by atoms with van der Waals surface area (Å²) < 4.78 is 2.19. The Labute approximate surface area is 227 Å². The van der Waals surface area contributed by atoms with Gasteiger partial charge in [-0.2, -0.15) is 0 Å². The fourth-order valence-corrected chi connectivity index (χ4v) is 5.93. The molecular weight excluding hydrogens is 507 g/mol. The van der Waals surface area contributed by atoms with E-state index in [1.807, 2.05) is 36.5 Å². The van der Waals surface area contributed by atoms with Gasteiger partial charge in [0.2, 0.25) is 0 Å². The molecule has 1 N–H and O–H groups in total. The lowest BCUT2D eigenvalue weighted by atomic mass is 9.96. The lowest BCUT2D eigenvalue weighted by molar-refractivity contribution is 0.565. The number of halogens is 2. The van der Waals surface area contributed by atoms with Gasteiger partial charge in [0.25, 0.3) is 0 Å². The second kappa shape index (κ2) is 9.89. The predicted octanol–water partition coefficient (Wildman–Crippen LogP) is 8.10. The van der Waals surface area contributed by atoms with E-state index in [9.17, 15) is 0 Å². The molecule has 7 heteroatoms. The van der Waals surface area contributed by atoms with Crippen molar-refractivity contribution in [3.63, 3.8) is 0 Å². The minimum atomic E-state index is -0.113. The molecule has 4 aromatic rings. The van der Waals surface area contributed by atoms with Crippen molar-refractivity contribution in [2.75, 3.05) is 4.90 Å². The molecule has 1 aliphatic heterocycles. The second-order valence-corrected chi connectivity index (χ2v) is 10.7. The Morgan fingerprint density at radius 1 is 0.972 bits per heavy atom. The number of hydrogen-bond acceptors (Lipinski definition) is 2. The fraction of sp³-hybridized carbons (Fsp3) is 0.241. The van der Waals surface area contributed by atoms with Crippen molar-refractivity contribution >= 4 is 46.2 Å². The van der Waals surface area contributed by atoms with Gasteiger partial charge in [0.1, 0.15) is 0 Å². The minimum absolute atomic E-state index is 0.0941. The summed E-state index contributed by atoms with van der Waals surface area (Å²) in [4.78, 5) is 6.90. The molecule has 0 unspecified atom stereocenters. The Kier molecular flexibility index (Phi) is 6.82. The van der Waals surface area contributed by atoms with Crippen LogP contribution in [-0.2, 0) is 0 Å². The number of pyridine rings is 1. The second-order valence-electron chi connectivity index (χ2n) is 9.50. The molecule has 2 aromatic carbocycles. The van der Waals surface area contributed by atoms with Gasteiger partial charge < -0.3 is 14.8 Å². The highest BCUT2D eigenvalue weighted by atomic mass is 35.5. The Morgan fingerprint density at radius 2 is 1.72 bits per heavy atom. The summed E-state index contributed by atoms with van der Waals surface area (Å²) in [6, 6.07) is 22.3. The van der Waals surface area contributed by atoms with Crippen LogP contribution in [0.25, 0.3) is 5.69 Å². The minimum Gasteiger partial charge on any atom is -0.351 e. The third kappa shape index (κ3) is 4.40. The lowest BCUT2D eigenvalue weighted by Gasteiger charge is -2.28. The molecule has 184 valence electrons. The van der Waals surface area contributed by atoms with Gasteiger partial charge in [0.15, 0.2) is 5.11 Å². The topological polar surface area (TPSA) is 33.1 Å². The van der Waals surface area contributed by atoms with Gasteiger partial charge in [-0.15, -0.1) is 0 Å². The maximum atomic E-state index is 6.63. The molecule has 4 nitrogen and oxygen atoms in total. The van der Waals surface area contributed by atoms with E-state index in [1.165, 1.54) is 5.56 Å². The van der Waals surface area contributed by atoms with E-state index in [-0.39, 0.29) is 12.1 Å². The Hall–Kier alpha value is -2.86. The molecule has 0 radical (unpaired) electrons. The maximum Gasteiger partial charge on any atom is 0.174 e.